The lowest BCUT2D eigenvalue weighted by atomic mass is 9.98. The molecule has 0 atom stereocenters. The second kappa shape index (κ2) is 12.8. The molecule has 0 radical (unpaired) electrons. The molecule has 0 bridgehead atoms. The average Bonchev–Trinajstić information content (AvgIpc) is 3.83. The van der Waals surface area contributed by atoms with E-state index in [1.54, 1.807) is 0 Å². The molecule has 10 aromatic rings. The maximum atomic E-state index is 6.48. The standard InChI is InChI=1S/C52H35NO2/c1-2-9-38-32-39(17-16-34(38)8-1)35-18-25-41(26-19-35)53(42-27-20-36(21-28-42)40-24-31-51-48(33-40)46-11-4-5-14-49(46)54-51)43-29-22-37(23-30-43)44-12-7-13-47-45-10-3-6-15-50(45)55-52(44)47/h1-5,7-14,16-33H,6,15H2. The first-order valence-electron chi connectivity index (χ1n) is 19.0. The number of allylic oxidation sites excluding steroid dienone is 1. The van der Waals surface area contributed by atoms with Gasteiger partial charge in [-0.15, -0.1) is 0 Å². The van der Waals surface area contributed by atoms with Crippen LogP contribution in [0, 0.1) is 0 Å². The number of nitrogens with zero attached hydrogens (tertiary/aromatic N) is 1. The molecule has 8 aromatic carbocycles. The Labute approximate surface area is 319 Å². The van der Waals surface area contributed by atoms with Gasteiger partial charge in [0, 0.05) is 50.8 Å². The van der Waals surface area contributed by atoms with E-state index in [1.165, 1.54) is 32.8 Å². The number of benzene rings is 8. The second-order valence-corrected chi connectivity index (χ2v) is 14.4. The van der Waals surface area contributed by atoms with E-state index in [2.05, 4.69) is 181 Å². The third-order valence-corrected chi connectivity index (χ3v) is 11.1. The van der Waals surface area contributed by atoms with Crippen LogP contribution in [0.15, 0.2) is 191 Å². The van der Waals surface area contributed by atoms with E-state index in [9.17, 15) is 0 Å². The number of aryl methyl sites for hydroxylation is 1. The van der Waals surface area contributed by atoms with Gasteiger partial charge >= 0.3 is 0 Å². The van der Waals surface area contributed by atoms with Crippen LogP contribution in [0.4, 0.5) is 17.1 Å². The van der Waals surface area contributed by atoms with Crippen LogP contribution in [-0.4, -0.2) is 0 Å². The summed E-state index contributed by atoms with van der Waals surface area (Å²) in [5.74, 6) is 1.08. The van der Waals surface area contributed by atoms with Crippen LogP contribution in [0.25, 0.3) is 83.1 Å². The summed E-state index contributed by atoms with van der Waals surface area (Å²) >= 11 is 0. The Bertz CT molecular complexity index is 3070. The van der Waals surface area contributed by atoms with Crippen LogP contribution < -0.4 is 4.90 Å². The summed E-state index contributed by atoms with van der Waals surface area (Å²) < 4.78 is 12.6. The van der Waals surface area contributed by atoms with Crippen molar-refractivity contribution in [3.05, 3.63) is 193 Å². The summed E-state index contributed by atoms with van der Waals surface area (Å²) in [6, 6.07) is 63.1. The first kappa shape index (κ1) is 31.4. The molecule has 0 saturated heterocycles. The third kappa shape index (κ3) is 5.43. The minimum Gasteiger partial charge on any atom is -0.460 e. The van der Waals surface area contributed by atoms with Gasteiger partial charge < -0.3 is 13.7 Å². The quantitative estimate of drug-likeness (QED) is 0.172. The normalized spacial score (nSPS) is 12.5. The predicted octanol–water partition coefficient (Wildman–Crippen LogP) is 14.9. The zero-order chi connectivity index (χ0) is 36.3. The molecule has 2 aromatic heterocycles. The van der Waals surface area contributed by atoms with Gasteiger partial charge in [0.15, 0.2) is 0 Å². The first-order valence-corrected chi connectivity index (χ1v) is 19.0. The van der Waals surface area contributed by atoms with Crippen LogP contribution in [0.3, 0.4) is 0 Å². The van der Waals surface area contributed by atoms with E-state index in [4.69, 9.17) is 8.83 Å². The monoisotopic (exact) mass is 705 g/mol. The molecular weight excluding hydrogens is 671 g/mol. The molecule has 1 aliphatic rings. The van der Waals surface area contributed by atoms with Crippen LogP contribution >= 0.6 is 0 Å². The molecule has 0 unspecified atom stereocenters. The van der Waals surface area contributed by atoms with Crippen molar-refractivity contribution in [2.75, 3.05) is 4.90 Å². The number of anilines is 3. The van der Waals surface area contributed by atoms with Crippen LogP contribution in [0.2, 0.25) is 0 Å². The van der Waals surface area contributed by atoms with Crippen molar-refractivity contribution in [1.82, 2.24) is 0 Å². The van der Waals surface area contributed by atoms with Gasteiger partial charge in [0.1, 0.15) is 22.5 Å². The Kier molecular flexibility index (Phi) is 7.31. The predicted molar refractivity (Wildman–Crippen MR) is 229 cm³/mol. The molecule has 1 aliphatic carbocycles. The fourth-order valence-electron chi connectivity index (χ4n) is 8.32. The lowest BCUT2D eigenvalue weighted by Gasteiger charge is -2.26. The van der Waals surface area contributed by atoms with Gasteiger partial charge in [-0.2, -0.15) is 0 Å². The van der Waals surface area contributed by atoms with Gasteiger partial charge in [-0.1, -0.05) is 127 Å². The minimum atomic E-state index is 0.906. The second-order valence-electron chi connectivity index (χ2n) is 14.4. The highest BCUT2D eigenvalue weighted by Crippen LogP contribution is 2.41. The summed E-state index contributed by atoms with van der Waals surface area (Å²) in [6.45, 7) is 0. The topological polar surface area (TPSA) is 29.5 Å². The maximum absolute atomic E-state index is 6.48. The lowest BCUT2D eigenvalue weighted by molar-refractivity contribution is 0.547. The van der Waals surface area contributed by atoms with Gasteiger partial charge in [0.25, 0.3) is 0 Å². The number of rotatable bonds is 6. The molecule has 55 heavy (non-hydrogen) atoms. The summed E-state index contributed by atoms with van der Waals surface area (Å²) in [5, 5.41) is 5.94. The van der Waals surface area contributed by atoms with Gasteiger partial charge in [-0.3, -0.25) is 0 Å². The van der Waals surface area contributed by atoms with Crippen LogP contribution in [0.5, 0.6) is 0 Å². The molecule has 0 spiro atoms. The zero-order valence-electron chi connectivity index (χ0n) is 30.1. The summed E-state index contributed by atoms with van der Waals surface area (Å²) in [6.07, 6.45) is 6.42. The highest BCUT2D eigenvalue weighted by molar-refractivity contribution is 6.06. The Morgan fingerprint density at radius 2 is 1.02 bits per heavy atom. The number of furan rings is 2. The van der Waals surface area contributed by atoms with Gasteiger partial charge in [-0.05, 0) is 106 Å². The van der Waals surface area contributed by atoms with E-state index in [0.717, 1.165) is 85.4 Å². The number of para-hydroxylation sites is 2. The fourth-order valence-corrected chi connectivity index (χ4v) is 8.32. The smallest absolute Gasteiger partial charge is 0.142 e. The van der Waals surface area contributed by atoms with Gasteiger partial charge in [0.05, 0.1) is 0 Å². The Morgan fingerprint density at radius 1 is 0.418 bits per heavy atom. The van der Waals surface area contributed by atoms with E-state index < -0.39 is 0 Å². The van der Waals surface area contributed by atoms with Crippen molar-refractivity contribution in [3.63, 3.8) is 0 Å². The molecule has 0 saturated carbocycles. The van der Waals surface area contributed by atoms with Crippen LogP contribution in [0.1, 0.15) is 17.7 Å². The Morgan fingerprint density at radius 3 is 1.78 bits per heavy atom. The molecule has 0 amide bonds. The molecule has 260 valence electrons. The molecule has 3 heteroatoms. The SMILES string of the molecule is C1=Cc2c(oc3c(-c4ccc(N(c5ccc(-c6ccc7ccccc7c6)cc5)c5ccc(-c6ccc7oc8ccccc8c7c6)cc5)cc4)cccc23)CC1. The van der Waals surface area contributed by atoms with Crippen molar-refractivity contribution >= 4 is 66.8 Å². The molecule has 11 rings (SSSR count). The highest BCUT2D eigenvalue weighted by Gasteiger charge is 2.19. The van der Waals surface area contributed by atoms with E-state index in [1.807, 2.05) is 12.1 Å². The van der Waals surface area contributed by atoms with Crippen molar-refractivity contribution in [1.29, 1.82) is 0 Å². The van der Waals surface area contributed by atoms with E-state index in [0.29, 0.717) is 0 Å². The summed E-state index contributed by atoms with van der Waals surface area (Å²) in [5.41, 5.74) is 14.2. The maximum Gasteiger partial charge on any atom is 0.142 e. The molecular formula is C52H35NO2. The summed E-state index contributed by atoms with van der Waals surface area (Å²) in [7, 11) is 0. The number of fused-ring (bicyclic) bond motifs is 7. The molecule has 3 nitrogen and oxygen atoms in total. The lowest BCUT2D eigenvalue weighted by Crippen LogP contribution is -2.09. The zero-order valence-corrected chi connectivity index (χ0v) is 30.1. The van der Waals surface area contributed by atoms with Gasteiger partial charge in [0.2, 0.25) is 0 Å². The van der Waals surface area contributed by atoms with Crippen molar-refractivity contribution < 1.29 is 8.83 Å². The first-order chi connectivity index (χ1) is 27.2. The third-order valence-electron chi connectivity index (χ3n) is 11.1. The molecule has 0 aliphatic heterocycles. The van der Waals surface area contributed by atoms with E-state index >= 15 is 0 Å². The summed E-state index contributed by atoms with van der Waals surface area (Å²) in [4.78, 5) is 2.33. The largest absolute Gasteiger partial charge is 0.460 e. The van der Waals surface area contributed by atoms with Crippen molar-refractivity contribution in [3.8, 4) is 33.4 Å². The van der Waals surface area contributed by atoms with Crippen molar-refractivity contribution in [2.24, 2.45) is 0 Å². The van der Waals surface area contributed by atoms with Gasteiger partial charge in [-0.25, -0.2) is 0 Å². The molecule has 2 heterocycles. The molecule has 0 fully saturated rings. The molecule has 0 N–H and O–H groups in total. The van der Waals surface area contributed by atoms with Crippen LogP contribution in [-0.2, 0) is 6.42 Å². The number of hydrogen-bond donors (Lipinski definition) is 0. The average molecular weight is 706 g/mol. The van der Waals surface area contributed by atoms with Crippen molar-refractivity contribution in [2.45, 2.75) is 12.8 Å². The fraction of sp³-hybridized carbons (Fsp3) is 0.0385. The Hall–Kier alpha value is -7.10. The minimum absolute atomic E-state index is 0.906. The highest BCUT2D eigenvalue weighted by atomic mass is 16.3. The number of hydrogen-bond acceptors (Lipinski definition) is 3. The Balaban J connectivity index is 0.977. The van der Waals surface area contributed by atoms with E-state index in [-0.39, 0.29) is 0 Å².